The molecule has 0 aliphatic rings. The van der Waals surface area contributed by atoms with Gasteiger partial charge in [-0.05, 0) is 43.4 Å². The van der Waals surface area contributed by atoms with E-state index >= 15 is 0 Å². The monoisotopic (exact) mass is 285 g/mol. The smallest absolute Gasteiger partial charge is 0.220 e. The number of thioether (sulfide) groups is 1. The first kappa shape index (κ1) is 14.8. The molecule has 0 aliphatic heterocycles. The van der Waals surface area contributed by atoms with E-state index in [1.165, 1.54) is 11.8 Å². The minimum Gasteiger partial charge on any atom is -0.497 e. The molecule has 98 valence electrons. The van der Waals surface area contributed by atoms with Crippen LogP contribution in [-0.4, -0.2) is 34.8 Å². The van der Waals surface area contributed by atoms with Gasteiger partial charge in [0.1, 0.15) is 5.75 Å². The van der Waals surface area contributed by atoms with Gasteiger partial charge in [0.25, 0.3) is 0 Å². The van der Waals surface area contributed by atoms with Gasteiger partial charge < -0.3 is 14.7 Å². The highest BCUT2D eigenvalue weighted by atomic mass is 32.2. The maximum Gasteiger partial charge on any atom is 0.220 e. The zero-order valence-corrected chi connectivity index (χ0v) is 11.9. The molecule has 0 aromatic heterocycles. The number of nitrogens with zero attached hydrogens (tertiary/aromatic N) is 1. The van der Waals surface area contributed by atoms with Crippen LogP contribution in [0.1, 0.15) is 12.5 Å². The molecule has 1 N–H and O–H groups in total. The molecule has 0 amide bonds. The second-order valence-corrected chi connectivity index (χ2v) is 4.82. The Morgan fingerprint density at radius 3 is 2.56 bits per heavy atom. The van der Waals surface area contributed by atoms with Crippen LogP contribution < -0.4 is 4.74 Å². The Bertz CT molecular complexity index is 418. The number of rotatable bonds is 5. The first-order chi connectivity index (χ1) is 8.71. The van der Waals surface area contributed by atoms with Crippen molar-refractivity contribution in [3.05, 3.63) is 29.8 Å². The molecule has 0 unspecified atom stereocenters. The van der Waals surface area contributed by atoms with Gasteiger partial charge in [-0.25, -0.2) is 0 Å². The molecule has 0 heterocycles. The minimum absolute atomic E-state index is 0.451. The van der Waals surface area contributed by atoms with Crippen LogP contribution in [-0.2, 0) is 4.74 Å². The Labute approximate surface area is 116 Å². The van der Waals surface area contributed by atoms with Crippen molar-refractivity contribution in [2.75, 3.05) is 19.5 Å². The summed E-state index contributed by atoms with van der Waals surface area (Å²) in [5, 5.41) is 12.3. The lowest BCUT2D eigenvalue weighted by molar-refractivity contribution is 0.319. The fourth-order valence-corrected chi connectivity index (χ4v) is 2.21. The zero-order valence-electron chi connectivity index (χ0n) is 10.3. The second kappa shape index (κ2) is 7.94. The molecule has 0 atom stereocenters. The van der Waals surface area contributed by atoms with E-state index in [1.54, 1.807) is 7.11 Å². The summed E-state index contributed by atoms with van der Waals surface area (Å²) in [6, 6.07) is 7.29. The van der Waals surface area contributed by atoms with E-state index in [-0.39, 0.29) is 0 Å². The fourth-order valence-electron chi connectivity index (χ4n) is 1.24. The lowest BCUT2D eigenvalue weighted by Gasteiger charge is -2.07. The average molecular weight is 285 g/mol. The first-order valence-electron chi connectivity index (χ1n) is 5.36. The molecule has 1 aromatic carbocycles. The number of ether oxygens (including phenoxy) is 2. The second-order valence-electron chi connectivity index (χ2n) is 3.25. The van der Waals surface area contributed by atoms with Gasteiger partial charge in [0.05, 0.1) is 19.4 Å². The molecule has 18 heavy (non-hydrogen) atoms. The maximum absolute atomic E-state index is 9.01. The third kappa shape index (κ3) is 4.54. The van der Waals surface area contributed by atoms with Crippen LogP contribution in [0.5, 0.6) is 5.75 Å². The molecule has 6 heteroatoms. The van der Waals surface area contributed by atoms with Crippen molar-refractivity contribution in [3.8, 4) is 5.75 Å². The Morgan fingerprint density at radius 1 is 1.39 bits per heavy atom. The van der Waals surface area contributed by atoms with Gasteiger partial charge in [0.15, 0.2) is 0 Å². The van der Waals surface area contributed by atoms with Gasteiger partial charge in [-0.3, -0.25) is 0 Å². The molecule has 4 nitrogen and oxygen atoms in total. The van der Waals surface area contributed by atoms with Gasteiger partial charge in [0.2, 0.25) is 4.38 Å². The lowest BCUT2D eigenvalue weighted by atomic mass is 10.1. The summed E-state index contributed by atoms with van der Waals surface area (Å²) in [6.45, 7) is 2.41. The summed E-state index contributed by atoms with van der Waals surface area (Å²) in [4.78, 5) is 0. The molecule has 0 spiro atoms. The number of methoxy groups -OCH3 is 1. The number of benzene rings is 1. The molecule has 1 aromatic rings. The Hall–Kier alpha value is -1.27. The van der Waals surface area contributed by atoms with Crippen molar-refractivity contribution < 1.29 is 14.7 Å². The third-order valence-electron chi connectivity index (χ3n) is 2.13. The third-order valence-corrected chi connectivity index (χ3v) is 3.38. The first-order valence-corrected chi connectivity index (χ1v) is 6.75. The molecular weight excluding hydrogens is 270 g/mol. The maximum atomic E-state index is 9.01. The normalized spacial score (nSPS) is 11.1. The standard InChI is InChI=1S/C12H15NO3S2/c1-3-16-12(17)18-8-11(13-14)9-4-6-10(15-2)7-5-9/h4-7,14H,3,8H2,1-2H3/b13-11+. The van der Waals surface area contributed by atoms with E-state index in [1.807, 2.05) is 31.2 Å². The number of hydrogen-bond acceptors (Lipinski definition) is 6. The number of hydrogen-bond donors (Lipinski definition) is 1. The minimum atomic E-state index is 0.451. The molecule has 1 rings (SSSR count). The zero-order chi connectivity index (χ0) is 13.4. The summed E-state index contributed by atoms with van der Waals surface area (Å²) < 4.78 is 10.7. The predicted molar refractivity (Wildman–Crippen MR) is 78.0 cm³/mol. The largest absolute Gasteiger partial charge is 0.497 e. The van der Waals surface area contributed by atoms with Crippen molar-refractivity contribution in [3.63, 3.8) is 0 Å². The van der Waals surface area contributed by atoms with E-state index in [0.717, 1.165) is 11.3 Å². The van der Waals surface area contributed by atoms with Crippen LogP contribution >= 0.6 is 24.0 Å². The Kier molecular flexibility index (Phi) is 6.53. The average Bonchev–Trinajstić information content (AvgIpc) is 2.40. The topological polar surface area (TPSA) is 51.0 Å². The van der Waals surface area contributed by atoms with Gasteiger partial charge in [-0.2, -0.15) is 0 Å². The van der Waals surface area contributed by atoms with E-state index in [2.05, 4.69) is 5.16 Å². The fraction of sp³-hybridized carbons (Fsp3) is 0.333. The molecule has 0 bridgehead atoms. The van der Waals surface area contributed by atoms with Crippen LogP contribution in [0.3, 0.4) is 0 Å². The van der Waals surface area contributed by atoms with Crippen LogP contribution in [0.4, 0.5) is 0 Å². The van der Waals surface area contributed by atoms with Crippen molar-refractivity contribution in [2.24, 2.45) is 5.16 Å². The van der Waals surface area contributed by atoms with Crippen molar-refractivity contribution in [1.82, 2.24) is 0 Å². The highest BCUT2D eigenvalue weighted by Crippen LogP contribution is 2.15. The Balaban J connectivity index is 2.63. The predicted octanol–water partition coefficient (Wildman–Crippen LogP) is 2.93. The molecule has 0 aliphatic carbocycles. The van der Waals surface area contributed by atoms with E-state index in [9.17, 15) is 0 Å². The Morgan fingerprint density at radius 2 is 2.06 bits per heavy atom. The van der Waals surface area contributed by atoms with Crippen LogP contribution in [0.15, 0.2) is 29.4 Å². The van der Waals surface area contributed by atoms with Gasteiger partial charge >= 0.3 is 0 Å². The van der Waals surface area contributed by atoms with Crippen LogP contribution in [0.2, 0.25) is 0 Å². The van der Waals surface area contributed by atoms with E-state index in [0.29, 0.717) is 22.5 Å². The van der Waals surface area contributed by atoms with Crippen molar-refractivity contribution in [2.45, 2.75) is 6.92 Å². The van der Waals surface area contributed by atoms with Crippen molar-refractivity contribution >= 4 is 34.1 Å². The summed E-state index contributed by atoms with van der Waals surface area (Å²) in [6.07, 6.45) is 0. The van der Waals surface area contributed by atoms with E-state index in [4.69, 9.17) is 26.9 Å². The highest BCUT2D eigenvalue weighted by molar-refractivity contribution is 8.23. The van der Waals surface area contributed by atoms with Gasteiger partial charge in [-0.15, -0.1) is 0 Å². The van der Waals surface area contributed by atoms with Crippen LogP contribution in [0.25, 0.3) is 0 Å². The summed E-state index contributed by atoms with van der Waals surface area (Å²) in [7, 11) is 1.60. The number of thiocarbonyl (C=S) groups is 1. The summed E-state index contributed by atoms with van der Waals surface area (Å²) in [5.41, 5.74) is 1.37. The molecule has 0 radical (unpaired) electrons. The van der Waals surface area contributed by atoms with Gasteiger partial charge in [-0.1, -0.05) is 16.9 Å². The van der Waals surface area contributed by atoms with Crippen LogP contribution in [0, 0.1) is 0 Å². The quantitative estimate of drug-likeness (QED) is 0.390. The van der Waals surface area contributed by atoms with Gasteiger partial charge in [0, 0.05) is 11.3 Å². The molecular formula is C12H15NO3S2. The summed E-state index contributed by atoms with van der Waals surface area (Å²) in [5.74, 6) is 1.22. The highest BCUT2D eigenvalue weighted by Gasteiger charge is 2.07. The molecule has 0 fully saturated rings. The SMILES string of the molecule is CCOC(=S)SC/C(=N\O)c1ccc(OC)cc1. The number of oxime groups is 1. The summed E-state index contributed by atoms with van der Waals surface area (Å²) >= 11 is 6.32. The molecule has 0 saturated heterocycles. The lowest BCUT2D eigenvalue weighted by Crippen LogP contribution is -2.07. The van der Waals surface area contributed by atoms with E-state index < -0.39 is 0 Å². The van der Waals surface area contributed by atoms with Crippen molar-refractivity contribution in [1.29, 1.82) is 0 Å². The molecule has 0 saturated carbocycles.